The van der Waals surface area contributed by atoms with E-state index < -0.39 is 0 Å². The fourth-order valence-electron chi connectivity index (χ4n) is 1.98. The first kappa shape index (κ1) is 16.0. The number of ether oxygens (including phenoxy) is 1. The van der Waals surface area contributed by atoms with Crippen molar-refractivity contribution in [3.8, 4) is 5.75 Å². The lowest BCUT2D eigenvalue weighted by atomic mass is 9.96. The van der Waals surface area contributed by atoms with Gasteiger partial charge in [0.25, 0.3) is 0 Å². The maximum Gasteiger partial charge on any atom is 0.124 e. The summed E-state index contributed by atoms with van der Waals surface area (Å²) in [5.74, 6) is 1.35. The van der Waals surface area contributed by atoms with Crippen LogP contribution in [0.25, 0.3) is 0 Å². The first-order valence-corrected chi connectivity index (χ1v) is 6.98. The summed E-state index contributed by atoms with van der Waals surface area (Å²) in [7, 11) is 1.69. The lowest BCUT2D eigenvalue weighted by molar-refractivity contribution is 0.407. The number of nitrogens with two attached hydrogens (primary N) is 1. The molecule has 1 atom stereocenters. The molecule has 2 N–H and O–H groups in total. The van der Waals surface area contributed by atoms with Gasteiger partial charge in [-0.15, -0.1) is 23.7 Å². The molecule has 0 radical (unpaired) electrons. The van der Waals surface area contributed by atoms with Gasteiger partial charge in [-0.3, -0.25) is 0 Å². The summed E-state index contributed by atoms with van der Waals surface area (Å²) in [6.45, 7) is 4.37. The number of methoxy groups -OCH3 is 1. The van der Waals surface area contributed by atoms with Gasteiger partial charge in [-0.2, -0.15) is 0 Å². The molecule has 0 amide bonds. The first-order chi connectivity index (χ1) is 8.63. The highest BCUT2D eigenvalue weighted by atomic mass is 35.5. The fraction of sp³-hybridized carbons (Fsp3) is 0.333. The summed E-state index contributed by atoms with van der Waals surface area (Å²) in [5.41, 5.74) is 8.69. The van der Waals surface area contributed by atoms with Crippen molar-refractivity contribution in [2.45, 2.75) is 25.8 Å². The minimum atomic E-state index is -0.112. The number of thiophene rings is 1. The van der Waals surface area contributed by atoms with Gasteiger partial charge < -0.3 is 10.5 Å². The van der Waals surface area contributed by atoms with E-state index in [-0.39, 0.29) is 18.4 Å². The third kappa shape index (κ3) is 3.50. The molecule has 2 aromatic rings. The molecule has 4 heteroatoms. The Morgan fingerprint density at radius 1 is 1.21 bits per heavy atom. The van der Waals surface area contributed by atoms with Crippen LogP contribution < -0.4 is 10.5 Å². The van der Waals surface area contributed by atoms with E-state index in [1.807, 2.05) is 17.5 Å². The summed E-state index contributed by atoms with van der Waals surface area (Å²) < 4.78 is 5.42. The average Bonchev–Trinajstić information content (AvgIpc) is 2.90. The minimum Gasteiger partial charge on any atom is -0.496 e. The monoisotopic (exact) mass is 297 g/mol. The van der Waals surface area contributed by atoms with Crippen LogP contribution in [0.15, 0.2) is 35.7 Å². The zero-order chi connectivity index (χ0) is 13.1. The molecule has 0 bridgehead atoms. The molecule has 2 rings (SSSR count). The topological polar surface area (TPSA) is 35.2 Å². The minimum absolute atomic E-state index is 0. The van der Waals surface area contributed by atoms with Gasteiger partial charge in [0.1, 0.15) is 5.75 Å². The molecule has 104 valence electrons. The normalized spacial score (nSPS) is 12.1. The Hall–Kier alpha value is -1.03. The van der Waals surface area contributed by atoms with Gasteiger partial charge in [-0.1, -0.05) is 26.0 Å². The molecule has 0 aliphatic carbocycles. The third-order valence-corrected chi connectivity index (χ3v) is 4.06. The molecule has 0 aliphatic heterocycles. The molecule has 2 nitrogen and oxygen atoms in total. The van der Waals surface area contributed by atoms with Crippen molar-refractivity contribution in [3.63, 3.8) is 0 Å². The van der Waals surface area contributed by atoms with Crippen LogP contribution in [0.4, 0.5) is 0 Å². The zero-order valence-corrected chi connectivity index (χ0v) is 13.1. The highest BCUT2D eigenvalue weighted by Gasteiger charge is 2.16. The van der Waals surface area contributed by atoms with Gasteiger partial charge in [0.05, 0.1) is 13.2 Å². The summed E-state index contributed by atoms with van der Waals surface area (Å²) in [6, 6.07) is 10.3. The van der Waals surface area contributed by atoms with Crippen LogP contribution in [0.5, 0.6) is 5.75 Å². The predicted molar refractivity (Wildman–Crippen MR) is 84.7 cm³/mol. The Kier molecular flexibility index (Phi) is 5.85. The lowest BCUT2D eigenvalue weighted by Gasteiger charge is -2.17. The Morgan fingerprint density at radius 3 is 2.47 bits per heavy atom. The van der Waals surface area contributed by atoms with Crippen molar-refractivity contribution in [2.24, 2.45) is 5.73 Å². The Balaban J connectivity index is 0.00000180. The van der Waals surface area contributed by atoms with Crippen molar-refractivity contribution in [2.75, 3.05) is 7.11 Å². The SMILES string of the molecule is COc1ccc(C(C)C)cc1[C@@H](N)c1cccs1.Cl. The standard InChI is InChI=1S/C15H19NOS.ClH/c1-10(2)11-6-7-13(17-3)12(9-11)15(16)14-5-4-8-18-14;/h4-10,15H,16H2,1-3H3;1H/t15-;/m1./s1. The van der Waals surface area contributed by atoms with Crippen LogP contribution in [0.3, 0.4) is 0 Å². The van der Waals surface area contributed by atoms with Gasteiger partial charge in [0.15, 0.2) is 0 Å². The Labute approximate surface area is 125 Å². The molecule has 1 aromatic carbocycles. The van der Waals surface area contributed by atoms with Crippen molar-refractivity contribution in [1.82, 2.24) is 0 Å². The smallest absolute Gasteiger partial charge is 0.124 e. The molecule has 0 fully saturated rings. The molecule has 19 heavy (non-hydrogen) atoms. The van der Waals surface area contributed by atoms with Crippen molar-refractivity contribution in [1.29, 1.82) is 0 Å². The summed E-state index contributed by atoms with van der Waals surface area (Å²) in [4.78, 5) is 1.16. The second-order valence-electron chi connectivity index (χ2n) is 4.65. The summed E-state index contributed by atoms with van der Waals surface area (Å²) in [6.07, 6.45) is 0. The molecular weight excluding hydrogens is 278 g/mol. The lowest BCUT2D eigenvalue weighted by Crippen LogP contribution is -2.12. The first-order valence-electron chi connectivity index (χ1n) is 6.10. The van der Waals surface area contributed by atoms with Gasteiger partial charge in [0.2, 0.25) is 0 Å². The number of hydrogen-bond acceptors (Lipinski definition) is 3. The number of hydrogen-bond donors (Lipinski definition) is 1. The molecule has 0 saturated carbocycles. The van der Waals surface area contributed by atoms with E-state index >= 15 is 0 Å². The van der Waals surface area contributed by atoms with Crippen molar-refractivity contribution < 1.29 is 4.74 Å². The molecule has 0 unspecified atom stereocenters. The number of benzene rings is 1. The highest BCUT2D eigenvalue weighted by molar-refractivity contribution is 7.10. The fourth-order valence-corrected chi connectivity index (χ4v) is 2.72. The van der Waals surface area contributed by atoms with E-state index in [0.717, 1.165) is 16.2 Å². The maximum atomic E-state index is 6.34. The van der Waals surface area contributed by atoms with Crippen molar-refractivity contribution >= 4 is 23.7 Å². The Bertz CT molecular complexity index is 511. The quantitative estimate of drug-likeness (QED) is 0.910. The molecule has 1 heterocycles. The van der Waals surface area contributed by atoms with Gasteiger partial charge in [0, 0.05) is 10.4 Å². The Morgan fingerprint density at radius 2 is 1.95 bits per heavy atom. The molecule has 0 saturated heterocycles. The van der Waals surface area contributed by atoms with Gasteiger partial charge in [-0.05, 0) is 35.1 Å². The third-order valence-electron chi connectivity index (χ3n) is 3.11. The van der Waals surface area contributed by atoms with E-state index in [1.165, 1.54) is 5.56 Å². The molecule has 0 aliphatic rings. The molecular formula is C15H20ClNOS. The molecule has 1 aromatic heterocycles. The zero-order valence-electron chi connectivity index (χ0n) is 11.4. The summed E-state index contributed by atoms with van der Waals surface area (Å²) in [5, 5.41) is 2.05. The van der Waals surface area contributed by atoms with Gasteiger partial charge >= 0.3 is 0 Å². The maximum absolute atomic E-state index is 6.34. The van der Waals surface area contributed by atoms with E-state index in [0.29, 0.717) is 5.92 Å². The van der Waals surface area contributed by atoms with Crippen LogP contribution in [0, 0.1) is 0 Å². The van der Waals surface area contributed by atoms with E-state index in [4.69, 9.17) is 10.5 Å². The van der Waals surface area contributed by atoms with Crippen LogP contribution in [0.1, 0.15) is 41.8 Å². The van der Waals surface area contributed by atoms with E-state index in [2.05, 4.69) is 32.0 Å². The second-order valence-corrected chi connectivity index (χ2v) is 5.63. The van der Waals surface area contributed by atoms with E-state index in [1.54, 1.807) is 18.4 Å². The van der Waals surface area contributed by atoms with Crippen LogP contribution in [-0.2, 0) is 0 Å². The predicted octanol–water partition coefficient (Wildman–Crippen LogP) is 4.35. The number of rotatable bonds is 4. The van der Waals surface area contributed by atoms with Crippen LogP contribution >= 0.6 is 23.7 Å². The summed E-state index contributed by atoms with van der Waals surface area (Å²) >= 11 is 1.68. The van der Waals surface area contributed by atoms with E-state index in [9.17, 15) is 0 Å². The van der Waals surface area contributed by atoms with Gasteiger partial charge in [-0.25, -0.2) is 0 Å². The largest absolute Gasteiger partial charge is 0.496 e. The van der Waals surface area contributed by atoms with Crippen LogP contribution in [-0.4, -0.2) is 7.11 Å². The average molecular weight is 298 g/mol. The highest BCUT2D eigenvalue weighted by Crippen LogP contribution is 2.32. The second kappa shape index (κ2) is 6.94. The number of halogens is 1. The van der Waals surface area contributed by atoms with Crippen molar-refractivity contribution in [3.05, 3.63) is 51.7 Å². The van der Waals surface area contributed by atoms with Crippen LogP contribution in [0.2, 0.25) is 0 Å². The molecule has 0 spiro atoms.